The Labute approximate surface area is 292 Å². The molecule has 1 spiro atoms. The molecule has 4 unspecified atom stereocenters. The number of nitrogens with one attached hydrogen (secondary N) is 1. The molecule has 1 saturated heterocycles. The summed E-state index contributed by atoms with van der Waals surface area (Å²) < 4.78 is 19.6. The lowest BCUT2D eigenvalue weighted by molar-refractivity contribution is -0.896. The van der Waals surface area contributed by atoms with E-state index in [0.29, 0.717) is 12.1 Å². The van der Waals surface area contributed by atoms with Crippen molar-refractivity contribution in [2.75, 3.05) is 19.6 Å². The number of rotatable bonds is 11. The molecule has 6 rings (SSSR count). The van der Waals surface area contributed by atoms with Gasteiger partial charge in [-0.1, -0.05) is 89.0 Å². The maximum absolute atomic E-state index is 7.36. The molecule has 48 heavy (non-hydrogen) atoms. The summed E-state index contributed by atoms with van der Waals surface area (Å²) in [5.74, 6) is 2.70. The molecule has 5 heteroatoms. The Kier molecular flexibility index (Phi) is 9.95. The largest absolute Gasteiger partial charge is 0.704 e. The molecule has 4 atom stereocenters. The number of hydrogen-bond acceptors (Lipinski definition) is 2. The van der Waals surface area contributed by atoms with E-state index >= 15 is 0 Å². The Morgan fingerprint density at radius 2 is 1.40 bits per heavy atom. The average Bonchev–Trinajstić information content (AvgIpc) is 3.31. The number of nitrogens with zero attached hydrogens (tertiary/aromatic N) is 2. The zero-order valence-electron chi connectivity index (χ0n) is 32.1. The van der Waals surface area contributed by atoms with Crippen LogP contribution in [0.15, 0.2) is 24.3 Å². The minimum atomic E-state index is -0.994. The Balaban J connectivity index is 1.38. The Morgan fingerprint density at radius 1 is 0.792 bits per heavy atom. The lowest BCUT2D eigenvalue weighted by Gasteiger charge is -2.33. The van der Waals surface area contributed by atoms with Gasteiger partial charge in [-0.2, -0.15) is 0 Å². The molecule has 2 fully saturated rings. The van der Waals surface area contributed by atoms with Crippen LogP contribution in [0.3, 0.4) is 0 Å². The van der Waals surface area contributed by atoms with Gasteiger partial charge < -0.3 is 14.4 Å². The topological polar surface area (TPSA) is 28.9 Å². The predicted molar refractivity (Wildman–Crippen MR) is 199 cm³/mol. The first-order chi connectivity index (χ1) is 22.8. The highest BCUT2D eigenvalue weighted by Gasteiger charge is 2.76. The van der Waals surface area contributed by atoms with E-state index in [1.807, 2.05) is 0 Å². The minimum absolute atomic E-state index is 0.0489. The first-order valence-electron chi connectivity index (χ1n) is 19.6. The molecule has 4 aliphatic rings. The van der Waals surface area contributed by atoms with Crippen LogP contribution >= 0.6 is 0 Å². The van der Waals surface area contributed by atoms with E-state index in [1.54, 1.807) is 4.90 Å². The molecule has 3 heterocycles. The van der Waals surface area contributed by atoms with E-state index in [0.717, 1.165) is 36.7 Å². The van der Waals surface area contributed by atoms with Crippen molar-refractivity contribution in [2.45, 2.75) is 162 Å². The van der Waals surface area contributed by atoms with Gasteiger partial charge >= 0.3 is 6.03 Å². The summed E-state index contributed by atoms with van der Waals surface area (Å²) in [6.45, 7) is 26.8. The van der Waals surface area contributed by atoms with Crippen molar-refractivity contribution >= 4 is 12.4 Å². The van der Waals surface area contributed by atoms with Gasteiger partial charge in [0.2, 0.25) is 12.1 Å². The highest BCUT2D eigenvalue weighted by Crippen LogP contribution is 2.48. The highest BCUT2D eigenvalue weighted by molar-refractivity contribution is 5.85. The summed E-state index contributed by atoms with van der Waals surface area (Å²) in [5.41, 5.74) is 7.67. The Morgan fingerprint density at radius 3 is 1.98 bits per heavy atom. The van der Waals surface area contributed by atoms with Crippen molar-refractivity contribution < 1.29 is 23.5 Å². The molecule has 262 valence electrons. The van der Waals surface area contributed by atoms with E-state index in [9.17, 15) is 0 Å². The van der Waals surface area contributed by atoms with Crippen molar-refractivity contribution in [3.63, 3.8) is 0 Å². The number of aryl methyl sites for hydroxylation is 1. The van der Waals surface area contributed by atoms with Crippen LogP contribution in [-0.4, -0.2) is 59.3 Å². The molecule has 3 aliphatic heterocycles. The van der Waals surface area contributed by atoms with Crippen LogP contribution in [0, 0.1) is 12.8 Å². The maximum atomic E-state index is 7.36. The second-order valence-electron chi connectivity index (χ2n) is 17.6. The van der Waals surface area contributed by atoms with Crippen LogP contribution in [0.5, 0.6) is 11.5 Å². The van der Waals surface area contributed by atoms with Crippen LogP contribution in [0.25, 0.3) is 0 Å². The van der Waals surface area contributed by atoms with Gasteiger partial charge in [0.05, 0.1) is 30.8 Å². The Hall–Kier alpha value is -2.66. The fraction of sp³-hybridized carbons (Fsp3) is 0.674. The summed E-state index contributed by atoms with van der Waals surface area (Å²) in [6, 6.07) is 9.35. The second kappa shape index (κ2) is 13.6. The average molecular weight is 657 g/mol. The van der Waals surface area contributed by atoms with Crippen LogP contribution in [0.2, 0.25) is 0 Å². The molecule has 5 nitrogen and oxygen atoms in total. The summed E-state index contributed by atoms with van der Waals surface area (Å²) in [6.07, 6.45) is 17.4. The monoisotopic (exact) mass is 657 g/mol. The van der Waals surface area contributed by atoms with Crippen LogP contribution in [0.1, 0.15) is 153 Å². The molecule has 1 saturated carbocycles. The molecule has 0 bridgehead atoms. The zero-order chi connectivity index (χ0) is 34.4. The van der Waals surface area contributed by atoms with Crippen molar-refractivity contribution in [1.82, 2.24) is 0 Å². The van der Waals surface area contributed by atoms with Crippen molar-refractivity contribution in [2.24, 2.45) is 5.92 Å². The van der Waals surface area contributed by atoms with Crippen LogP contribution in [-0.2, 0) is 17.3 Å². The first kappa shape index (κ1) is 35.2. The molecule has 1 N–H and O–H groups in total. The van der Waals surface area contributed by atoms with Gasteiger partial charge in [0.25, 0.3) is 0 Å². The van der Waals surface area contributed by atoms with Gasteiger partial charge in [0.15, 0.2) is 23.9 Å². The quantitative estimate of drug-likeness (QED) is 0.249. The van der Waals surface area contributed by atoms with E-state index in [-0.39, 0.29) is 10.8 Å². The number of benzene rings is 2. The second-order valence-corrected chi connectivity index (χ2v) is 17.6. The van der Waals surface area contributed by atoms with Crippen LogP contribution in [0.4, 0.5) is 0 Å². The summed E-state index contributed by atoms with van der Waals surface area (Å²) in [5, 5.41) is 0. The van der Waals surface area contributed by atoms with Gasteiger partial charge in [0.1, 0.15) is 0 Å². The normalized spacial score (nSPS) is 23.6. The van der Waals surface area contributed by atoms with Gasteiger partial charge in [0, 0.05) is 18.4 Å². The van der Waals surface area contributed by atoms with Crippen molar-refractivity contribution in [3.05, 3.63) is 57.6 Å². The molecular formula is C43H66N3O2+3. The van der Waals surface area contributed by atoms with Gasteiger partial charge in [-0.25, -0.2) is 0 Å². The lowest BCUT2D eigenvalue weighted by atomic mass is 9.79. The van der Waals surface area contributed by atoms with Crippen LogP contribution < -0.4 is 14.4 Å². The molecular weight excluding hydrogens is 590 g/mol. The minimum Gasteiger partial charge on any atom is -0.340 e. The predicted octanol–water partition coefficient (Wildman–Crippen LogP) is 7.93. The molecule has 0 radical (unpaired) electrons. The number of quaternary nitrogens is 1. The fourth-order valence-electron chi connectivity index (χ4n) is 8.95. The summed E-state index contributed by atoms with van der Waals surface area (Å²) in [7, 11) is 0. The standard InChI is InChI=1S/C43H65N3O2/c1-11-14-18-31(19-17-22-44(12-2)13-3)24-32-23-30(4)39-33(25-32)28-45-37-20-15-16-21-38(37)46-29-34-26-35(41(5,6)7)27-36(42(8,9)10)40(34)48-43(45,46)47-39/h23,25-29,31,37-38H,11-22,24H2,1-10H3/q+2/p+1. The summed E-state index contributed by atoms with van der Waals surface area (Å²) >= 11 is 0. The fourth-order valence-corrected chi connectivity index (χ4v) is 8.95. The first-order valence-corrected chi connectivity index (χ1v) is 19.6. The molecule has 1 aliphatic carbocycles. The van der Waals surface area contributed by atoms with Gasteiger partial charge in [-0.05, 0) is 98.4 Å². The Bertz CT molecular complexity index is 1550. The third-order valence-electron chi connectivity index (χ3n) is 11.9. The molecule has 0 aromatic heterocycles. The van der Waals surface area contributed by atoms with Gasteiger partial charge in [-0.15, -0.1) is 0 Å². The molecule has 2 aromatic rings. The number of ether oxygens (including phenoxy) is 2. The number of hydrogen-bond donors (Lipinski definition) is 1. The third kappa shape index (κ3) is 6.62. The van der Waals surface area contributed by atoms with E-state index < -0.39 is 6.03 Å². The smallest absolute Gasteiger partial charge is 0.340 e. The van der Waals surface area contributed by atoms with E-state index in [1.165, 1.54) is 98.0 Å². The third-order valence-corrected chi connectivity index (χ3v) is 11.9. The highest BCUT2D eigenvalue weighted by atomic mass is 16.7. The van der Waals surface area contributed by atoms with Crippen molar-refractivity contribution in [1.29, 1.82) is 0 Å². The molecule has 0 amide bonds. The van der Waals surface area contributed by atoms with E-state index in [4.69, 9.17) is 9.47 Å². The number of fused-ring (bicyclic) bond motifs is 5. The SMILES string of the molecule is CCCCC(CCC[NH+](CC)CC)Cc1cc(C)c2c(c1)C=[N+]1C3CCCCC3[N+]3=Cc4cc(C(C)(C)C)cc(C(C)(C)C)c4OC13O2. The number of unbranched alkanes of at least 4 members (excludes halogenated alkanes) is 1. The van der Waals surface area contributed by atoms with Gasteiger partial charge in [-0.3, -0.25) is 0 Å². The summed E-state index contributed by atoms with van der Waals surface area (Å²) in [4.78, 5) is 1.73. The van der Waals surface area contributed by atoms with E-state index in [2.05, 4.69) is 115 Å². The van der Waals surface area contributed by atoms with Crippen molar-refractivity contribution in [3.8, 4) is 11.5 Å². The maximum Gasteiger partial charge on any atom is 0.704 e. The lowest BCUT2D eigenvalue weighted by Crippen LogP contribution is -3.11. The molecule has 2 aromatic carbocycles. The zero-order valence-corrected chi connectivity index (χ0v) is 32.1.